The van der Waals surface area contributed by atoms with Crippen molar-refractivity contribution in [3.05, 3.63) is 50.8 Å². The lowest BCUT2D eigenvalue weighted by atomic mass is 10.2. The molecule has 76 valence electrons. The van der Waals surface area contributed by atoms with Gasteiger partial charge < -0.3 is 0 Å². The summed E-state index contributed by atoms with van der Waals surface area (Å²) in [6.07, 6.45) is 0.574. The largest absolute Gasteiger partial charge is 0.335 e. The molecule has 0 N–H and O–H groups in total. The zero-order valence-electron chi connectivity index (χ0n) is 7.38. The first-order chi connectivity index (χ1) is 7.11. The summed E-state index contributed by atoms with van der Waals surface area (Å²) in [5.74, 6) is 0. The van der Waals surface area contributed by atoms with Crippen LogP contribution in [-0.4, -0.2) is 9.71 Å². The Morgan fingerprint density at radius 1 is 1.33 bits per heavy atom. The number of para-hydroxylation sites is 1. The Bertz CT molecular complexity index is 606. The molecule has 0 saturated heterocycles. The van der Waals surface area contributed by atoms with Gasteiger partial charge in [-0.1, -0.05) is 16.6 Å². The summed E-state index contributed by atoms with van der Waals surface area (Å²) in [6, 6.07) is 5.79. The molecule has 15 heavy (non-hydrogen) atoms. The second-order valence-corrected chi connectivity index (χ2v) is 2.93. The molecule has 0 aliphatic carbocycles. The zero-order valence-corrected chi connectivity index (χ0v) is 7.38. The highest BCUT2D eigenvalue weighted by molar-refractivity contribution is 5.80. The summed E-state index contributed by atoms with van der Waals surface area (Å²) in [7, 11) is 0. The molecule has 5 nitrogen and oxygen atoms in total. The molecule has 6 heteroatoms. The van der Waals surface area contributed by atoms with Crippen molar-refractivity contribution in [2.24, 2.45) is 0 Å². The maximum Gasteiger partial charge on any atom is 0.335 e. The maximum absolute atomic E-state index is 13.3. The van der Waals surface area contributed by atoms with Crippen LogP contribution in [0.3, 0.4) is 0 Å². The second-order valence-electron chi connectivity index (χ2n) is 2.93. The fourth-order valence-corrected chi connectivity index (χ4v) is 1.36. The lowest BCUT2D eigenvalue weighted by Crippen LogP contribution is -2.10. The minimum absolute atomic E-state index is 0.00537. The Balaban J connectivity index is 2.97. The fourth-order valence-electron chi connectivity index (χ4n) is 1.36. The van der Waals surface area contributed by atoms with Crippen LogP contribution in [0.2, 0.25) is 0 Å². The Kier molecular flexibility index (Phi) is 1.96. The molecule has 0 aliphatic rings. The van der Waals surface area contributed by atoms with Crippen molar-refractivity contribution in [2.45, 2.75) is 0 Å². The Hall–Kier alpha value is -2.24. The predicted octanol–water partition coefficient (Wildman–Crippen LogP) is 1.64. The number of pyridine rings is 1. The number of fused-ring (bicyclic) bond motifs is 1. The molecule has 2 aromatic rings. The van der Waals surface area contributed by atoms with Crippen molar-refractivity contribution in [3.63, 3.8) is 0 Å². The number of nitro groups is 1. The fraction of sp³-hybridized carbons (Fsp3) is 0. The molecule has 0 aliphatic heterocycles. The average Bonchev–Trinajstić information content (AvgIpc) is 2.23. The third-order valence-electron chi connectivity index (χ3n) is 2.04. The Labute approximate surface area is 82.5 Å². The highest BCUT2D eigenvalue weighted by atomic mass is 19.2. The molecule has 2 rings (SSSR count). The molecule has 0 radical (unpaired) electrons. The van der Waals surface area contributed by atoms with Crippen LogP contribution >= 0.6 is 0 Å². The Morgan fingerprint density at radius 2 is 2.00 bits per heavy atom. The van der Waals surface area contributed by atoms with Crippen molar-refractivity contribution < 1.29 is 9.40 Å². The van der Waals surface area contributed by atoms with Gasteiger partial charge >= 0.3 is 5.69 Å². The lowest BCUT2D eigenvalue weighted by Gasteiger charge is -2.00. The van der Waals surface area contributed by atoms with E-state index in [4.69, 9.17) is 0 Å². The molecule has 0 spiro atoms. The van der Waals surface area contributed by atoms with Gasteiger partial charge in [-0.3, -0.25) is 14.9 Å². The number of aromatic nitrogens is 1. The van der Waals surface area contributed by atoms with E-state index in [-0.39, 0.29) is 15.7 Å². The van der Waals surface area contributed by atoms with E-state index in [0.29, 0.717) is 6.20 Å². The topological polar surface area (TPSA) is 65.1 Å². The quantitative estimate of drug-likeness (QED) is 0.528. The monoisotopic (exact) mass is 208 g/mol. The average molecular weight is 208 g/mol. The molecule has 0 fully saturated rings. The number of halogens is 1. The van der Waals surface area contributed by atoms with E-state index in [1.807, 2.05) is 0 Å². The third kappa shape index (κ3) is 1.35. The summed E-state index contributed by atoms with van der Waals surface area (Å²) in [5, 5.41) is 10.4. The van der Waals surface area contributed by atoms with Crippen LogP contribution in [0.25, 0.3) is 10.9 Å². The van der Waals surface area contributed by atoms with E-state index >= 15 is 0 Å². The van der Waals surface area contributed by atoms with E-state index in [1.54, 1.807) is 6.07 Å². The number of hydrogen-bond donors (Lipinski definition) is 0. The van der Waals surface area contributed by atoms with Crippen LogP contribution in [-0.2, 0) is 0 Å². The summed E-state index contributed by atoms with van der Waals surface area (Å²) < 4.78 is 13.3. The number of nitrogens with zero attached hydrogens (tertiary/aromatic N) is 2. The van der Waals surface area contributed by atoms with Crippen molar-refractivity contribution in [1.82, 2.24) is 4.79 Å². The van der Waals surface area contributed by atoms with Crippen LogP contribution in [0.4, 0.5) is 10.2 Å². The summed E-state index contributed by atoms with van der Waals surface area (Å²) >= 11 is 0. The first-order valence-corrected chi connectivity index (χ1v) is 4.06. The van der Waals surface area contributed by atoms with Crippen LogP contribution in [0.15, 0.2) is 35.3 Å². The van der Waals surface area contributed by atoms with Gasteiger partial charge in [-0.25, -0.2) is 0 Å². The first kappa shape index (κ1) is 9.32. The van der Waals surface area contributed by atoms with Gasteiger partial charge in [0.25, 0.3) is 5.43 Å². The standard InChI is InChI=1S/C9H5FN2O3/c10-11-5-8(12(14)15)9(13)6-3-1-2-4-7(6)11/h1-5H. The molecule has 0 saturated carbocycles. The van der Waals surface area contributed by atoms with Gasteiger partial charge in [-0.2, -0.15) is 4.79 Å². The Morgan fingerprint density at radius 3 is 2.67 bits per heavy atom. The van der Waals surface area contributed by atoms with Gasteiger partial charge in [0.15, 0.2) is 0 Å². The van der Waals surface area contributed by atoms with Gasteiger partial charge in [-0.15, -0.1) is 0 Å². The van der Waals surface area contributed by atoms with E-state index in [1.165, 1.54) is 18.2 Å². The smallest absolute Gasteiger partial charge is 0.281 e. The van der Waals surface area contributed by atoms with Crippen molar-refractivity contribution in [1.29, 1.82) is 0 Å². The number of rotatable bonds is 1. The van der Waals surface area contributed by atoms with E-state index < -0.39 is 16.0 Å². The van der Waals surface area contributed by atoms with Crippen LogP contribution in [0, 0.1) is 10.1 Å². The van der Waals surface area contributed by atoms with E-state index in [2.05, 4.69) is 0 Å². The second kappa shape index (κ2) is 3.16. The van der Waals surface area contributed by atoms with Crippen molar-refractivity contribution >= 4 is 16.6 Å². The van der Waals surface area contributed by atoms with Crippen LogP contribution < -0.4 is 5.43 Å². The molecule has 1 aromatic heterocycles. The van der Waals surface area contributed by atoms with Crippen LogP contribution in [0.1, 0.15) is 0 Å². The summed E-state index contributed by atoms with van der Waals surface area (Å²) in [5.41, 5.74) is -1.52. The maximum atomic E-state index is 13.3. The highest BCUT2D eigenvalue weighted by Crippen LogP contribution is 2.14. The number of benzene rings is 1. The molecule has 0 unspecified atom stereocenters. The van der Waals surface area contributed by atoms with Crippen molar-refractivity contribution in [3.8, 4) is 0 Å². The molecular formula is C9H5FN2O3. The van der Waals surface area contributed by atoms with Gasteiger partial charge in [0.2, 0.25) is 0 Å². The number of hydrogen-bond acceptors (Lipinski definition) is 3. The van der Waals surface area contributed by atoms with Gasteiger partial charge in [0.05, 0.1) is 15.8 Å². The molecular weight excluding hydrogens is 203 g/mol. The lowest BCUT2D eigenvalue weighted by molar-refractivity contribution is -0.386. The van der Waals surface area contributed by atoms with Crippen LogP contribution in [0.5, 0.6) is 0 Å². The normalized spacial score (nSPS) is 10.5. The molecule has 1 aromatic carbocycles. The SMILES string of the molecule is O=c1c([N+](=O)[O-])cn(F)c2ccccc12. The minimum atomic E-state index is -0.898. The molecule has 0 bridgehead atoms. The van der Waals surface area contributed by atoms with Gasteiger partial charge in [0.1, 0.15) is 6.20 Å². The minimum Gasteiger partial charge on any atom is -0.281 e. The first-order valence-electron chi connectivity index (χ1n) is 4.06. The van der Waals surface area contributed by atoms with Crippen molar-refractivity contribution in [2.75, 3.05) is 0 Å². The van der Waals surface area contributed by atoms with E-state index in [0.717, 1.165) is 0 Å². The zero-order chi connectivity index (χ0) is 11.0. The summed E-state index contributed by atoms with van der Waals surface area (Å²) in [4.78, 5) is 21.1. The predicted molar refractivity (Wildman–Crippen MR) is 51.4 cm³/mol. The van der Waals surface area contributed by atoms with E-state index in [9.17, 15) is 19.4 Å². The van der Waals surface area contributed by atoms with Gasteiger partial charge in [0, 0.05) is 0 Å². The van der Waals surface area contributed by atoms with Gasteiger partial charge in [-0.05, 0) is 12.1 Å². The molecule has 0 atom stereocenters. The third-order valence-corrected chi connectivity index (χ3v) is 2.04. The summed E-state index contributed by atoms with van der Waals surface area (Å²) in [6.45, 7) is 0. The molecule has 0 amide bonds. The molecule has 1 heterocycles. The highest BCUT2D eigenvalue weighted by Gasteiger charge is 2.16.